The number of carbonyl (C=O) groups excluding carboxylic acids is 4. The molecule has 0 unspecified atom stereocenters. The van der Waals surface area contributed by atoms with Crippen LogP contribution in [0.3, 0.4) is 0 Å². The molecule has 17 heteroatoms. The van der Waals surface area contributed by atoms with E-state index in [1.807, 2.05) is 32.9 Å². The first-order valence-corrected chi connectivity index (χ1v) is 26.1. The van der Waals surface area contributed by atoms with Gasteiger partial charge in [-0.1, -0.05) is 52.5 Å². The monoisotopic (exact) mass is 1080 g/mol. The molecule has 2 aromatic rings. The van der Waals surface area contributed by atoms with Crippen LogP contribution < -0.4 is 9.80 Å². The van der Waals surface area contributed by atoms with E-state index in [1.165, 1.54) is 22.0 Å². The molecular weight excluding hydrogens is 995 g/mol. The smallest absolute Gasteiger partial charge is 0.414 e. The number of amides is 2. The maximum atomic E-state index is 15.3. The van der Waals surface area contributed by atoms with Gasteiger partial charge in [0.15, 0.2) is 11.6 Å². The Morgan fingerprint density at radius 1 is 0.649 bits per heavy atom. The van der Waals surface area contributed by atoms with Gasteiger partial charge in [-0.3, -0.25) is 9.80 Å². The molecule has 0 saturated carbocycles. The summed E-state index contributed by atoms with van der Waals surface area (Å²) in [5.74, 6) is -5.43. The van der Waals surface area contributed by atoms with Crippen molar-refractivity contribution in [3.63, 3.8) is 0 Å². The number of rotatable bonds is 2. The zero-order chi connectivity index (χ0) is 59.2. The zero-order valence-electron chi connectivity index (χ0n) is 50.0. The number of aryl methyl sites for hydroxylation is 2. The van der Waals surface area contributed by atoms with E-state index in [-0.39, 0.29) is 31.7 Å². The molecule has 0 aromatic heterocycles. The van der Waals surface area contributed by atoms with Gasteiger partial charge >= 0.3 is 24.1 Å². The molecule has 4 aliphatic heterocycles. The Hall–Kier alpha value is -5.46. The first-order valence-electron chi connectivity index (χ1n) is 27.1. The molecule has 15 nitrogen and oxygen atoms in total. The van der Waals surface area contributed by atoms with Crippen LogP contribution in [-0.2, 0) is 37.9 Å². The predicted molar refractivity (Wildman–Crippen MR) is 297 cm³/mol. The minimum atomic E-state index is -1.54. The molecule has 4 heterocycles. The SMILES string of the molecule is C.Cc1cc(N(C)C(=O)OC(C)(C)C)cc2c1C(=O)O[C@@H](C)[C@H](C)/C=C(/F)[C@@H](C)[C@H]1OC(C)(C)O[C@H]1C/C=C/2.Cc1cc(N(C)C(=O)OC(C)(C)C)cc2c1C(=O)O[C@@H](C)[C@H](C)/C=C(/F)[C@@H](O)[C@H]1OC(C)(C)O[C@H]1C/C=C/2.[2H][2H]. The molecule has 1 N–H and O–H groups in total. The quantitative estimate of drug-likeness (QED) is 0.223. The Morgan fingerprint density at radius 3 is 1.40 bits per heavy atom. The molecule has 0 bridgehead atoms. The van der Waals surface area contributed by atoms with Crippen LogP contribution in [0.4, 0.5) is 29.7 Å². The highest BCUT2D eigenvalue weighted by molar-refractivity contribution is 5.98. The molecule has 2 amide bonds. The third-order valence-electron chi connectivity index (χ3n) is 13.4. The van der Waals surface area contributed by atoms with Gasteiger partial charge in [-0.05, 0) is 168 Å². The fourth-order valence-electron chi connectivity index (χ4n) is 9.12. The Morgan fingerprint density at radius 2 is 1.01 bits per heavy atom. The summed E-state index contributed by atoms with van der Waals surface area (Å²) in [6, 6.07) is 6.95. The van der Waals surface area contributed by atoms with E-state index in [2.05, 4.69) is 0 Å². The van der Waals surface area contributed by atoms with Crippen LogP contribution in [0.2, 0.25) is 0 Å². The van der Waals surface area contributed by atoms with Crippen molar-refractivity contribution >= 4 is 47.7 Å². The predicted octanol–water partition coefficient (Wildman–Crippen LogP) is 13.6. The van der Waals surface area contributed by atoms with Crippen LogP contribution in [0.5, 0.6) is 0 Å². The van der Waals surface area contributed by atoms with Crippen LogP contribution in [0.25, 0.3) is 12.2 Å². The molecule has 10 atom stereocenters. The molecule has 77 heavy (non-hydrogen) atoms. The normalized spacial score (nSPS) is 29.8. The Balaban J connectivity index is 0.000000398. The molecular formula is C60H88F2N2O13. The molecule has 2 aromatic carbocycles. The summed E-state index contributed by atoms with van der Waals surface area (Å²) in [6.07, 6.45) is 4.45. The van der Waals surface area contributed by atoms with Gasteiger partial charge in [0, 0.05) is 46.2 Å². The lowest BCUT2D eigenvalue weighted by Gasteiger charge is -2.26. The van der Waals surface area contributed by atoms with Crippen molar-refractivity contribution in [1.82, 2.24) is 0 Å². The Labute approximate surface area is 459 Å². The Bertz CT molecular complexity index is 2430. The topological polar surface area (TPSA) is 169 Å². The van der Waals surface area contributed by atoms with Gasteiger partial charge in [0.25, 0.3) is 0 Å². The maximum Gasteiger partial charge on any atom is 0.414 e. The number of hydrogen-bond acceptors (Lipinski definition) is 13. The third-order valence-corrected chi connectivity index (χ3v) is 13.4. The summed E-state index contributed by atoms with van der Waals surface area (Å²) in [5.41, 5.74) is 2.90. The number of nitrogens with zero attached hydrogens (tertiary/aromatic N) is 2. The van der Waals surface area contributed by atoms with Gasteiger partial charge in [0.05, 0.1) is 29.4 Å². The lowest BCUT2D eigenvalue weighted by molar-refractivity contribution is -0.153. The van der Waals surface area contributed by atoms with E-state index in [4.69, 9.17) is 40.9 Å². The second-order valence-corrected chi connectivity index (χ2v) is 23.4. The van der Waals surface area contributed by atoms with E-state index < -0.39 is 101 Å². The number of carbonyl (C=O) groups is 4. The number of ether oxygens (including phenoxy) is 8. The van der Waals surface area contributed by atoms with Crippen LogP contribution in [0.1, 0.15) is 170 Å². The van der Waals surface area contributed by atoms with Crippen molar-refractivity contribution in [1.29, 1.82) is 0 Å². The number of benzene rings is 2. The lowest BCUT2D eigenvalue weighted by atomic mass is 9.93. The highest BCUT2D eigenvalue weighted by atomic mass is 19.1. The number of aliphatic hydroxyl groups is 1. The summed E-state index contributed by atoms with van der Waals surface area (Å²) in [5, 5.41) is 10.7. The van der Waals surface area contributed by atoms with Crippen LogP contribution in [-0.4, -0.2) is 109 Å². The molecule has 0 spiro atoms. The molecule has 430 valence electrons. The van der Waals surface area contributed by atoms with Gasteiger partial charge < -0.3 is 43.0 Å². The van der Waals surface area contributed by atoms with Gasteiger partial charge in [0.1, 0.15) is 47.3 Å². The second kappa shape index (κ2) is 25.1. The maximum absolute atomic E-state index is 15.3. The lowest BCUT2D eigenvalue weighted by Crippen LogP contribution is -2.36. The van der Waals surface area contributed by atoms with Crippen molar-refractivity contribution in [2.75, 3.05) is 23.9 Å². The fraction of sp³-hybridized carbons (Fsp3) is 0.600. The van der Waals surface area contributed by atoms with Gasteiger partial charge in [-0.25, -0.2) is 28.0 Å². The summed E-state index contributed by atoms with van der Waals surface area (Å²) >= 11 is 0. The van der Waals surface area contributed by atoms with Crippen molar-refractivity contribution in [2.24, 2.45) is 17.8 Å². The van der Waals surface area contributed by atoms with Crippen molar-refractivity contribution < 1.29 is 73.9 Å². The first kappa shape index (κ1) is 62.4. The van der Waals surface area contributed by atoms with E-state index in [0.717, 1.165) is 0 Å². The number of cyclic esters (lactones) is 2. The van der Waals surface area contributed by atoms with Crippen LogP contribution >= 0.6 is 0 Å². The van der Waals surface area contributed by atoms with Crippen molar-refractivity contribution in [2.45, 2.75) is 203 Å². The summed E-state index contributed by atoms with van der Waals surface area (Å²) in [7, 11) is 3.23. The van der Waals surface area contributed by atoms with E-state index in [1.54, 1.807) is 147 Å². The number of hydrogen-bond donors (Lipinski definition) is 1. The molecule has 2 saturated heterocycles. The zero-order valence-corrected chi connectivity index (χ0v) is 48.0. The third kappa shape index (κ3) is 16.8. The Kier molecular flexibility index (Phi) is 20.3. The molecule has 0 radical (unpaired) electrons. The summed E-state index contributed by atoms with van der Waals surface area (Å²) in [4.78, 5) is 54.9. The van der Waals surface area contributed by atoms with E-state index in [0.29, 0.717) is 51.2 Å². The number of esters is 2. The summed E-state index contributed by atoms with van der Waals surface area (Å²) < 4.78 is 86.8. The summed E-state index contributed by atoms with van der Waals surface area (Å²) in [6.45, 7) is 30.1. The number of halogens is 2. The average Bonchev–Trinajstić information content (AvgIpc) is 3.81. The number of fused-ring (bicyclic) bond motifs is 4. The molecule has 0 aliphatic carbocycles. The van der Waals surface area contributed by atoms with Gasteiger partial charge in [-0.2, -0.15) is 0 Å². The average molecular weight is 1090 g/mol. The highest BCUT2D eigenvalue weighted by Crippen LogP contribution is 2.39. The largest absolute Gasteiger partial charge is 0.458 e. The molecule has 4 aliphatic rings. The van der Waals surface area contributed by atoms with Crippen molar-refractivity contribution in [3.05, 3.63) is 93.6 Å². The standard InChI is InChI=1S/C30H42FNO6.C29H40FNO7.CH4.H2/c1-17-15-23(31)19(3)26-24(36-30(8,9)37-26)13-11-12-21-16-22(32(10)28(34)38-29(5,6)7)14-18(2)25(21)27(33)35-20(17)4;1-16-14-21(30)24(32)25-22(36-29(7,8)37-25)12-10-11-19-15-20(31(9)27(34)38-28(4,5)6)13-17(2)23(19)26(33)35-18(16)3;;/h11-12,14-17,19-20,24,26H,13H2,1-10H3;10-11,13-16,18,22,24-25,32H,12H2,1-9H3;1H4;1H/b12-11+,23-15+;11-10+,21-14+;;/t17-,19-,20+,24+,26-;16-,18+,22+,24-,25+;;/m11../s1/i;;;1+1D. The fourth-order valence-corrected chi connectivity index (χ4v) is 9.12. The van der Waals surface area contributed by atoms with Crippen molar-refractivity contribution in [3.8, 4) is 0 Å². The van der Waals surface area contributed by atoms with Crippen LogP contribution in [0, 0.1) is 31.6 Å². The highest BCUT2D eigenvalue weighted by Gasteiger charge is 2.47. The second-order valence-electron chi connectivity index (χ2n) is 23.4. The van der Waals surface area contributed by atoms with E-state index in [9.17, 15) is 24.3 Å². The number of aliphatic hydroxyl groups excluding tert-OH is 1. The first-order chi connectivity index (χ1) is 36.0. The minimum absolute atomic E-state index is 0. The minimum Gasteiger partial charge on any atom is -0.458 e. The van der Waals surface area contributed by atoms with Gasteiger partial charge in [0.2, 0.25) is 0 Å². The molecule has 2 fully saturated rings. The molecule has 6 rings (SSSR count). The van der Waals surface area contributed by atoms with E-state index >= 15 is 8.78 Å². The number of anilines is 2. The van der Waals surface area contributed by atoms with Crippen LogP contribution in [0.15, 0.2) is 60.2 Å². The van der Waals surface area contributed by atoms with Gasteiger partial charge in [-0.15, -0.1) is 0 Å².